The Morgan fingerprint density at radius 1 is 1.35 bits per heavy atom. The van der Waals surface area contributed by atoms with E-state index in [2.05, 4.69) is 20.5 Å². The van der Waals surface area contributed by atoms with Crippen molar-refractivity contribution in [3.8, 4) is 0 Å². The first-order chi connectivity index (χ1) is 12.6. The van der Waals surface area contributed by atoms with Crippen molar-refractivity contribution in [3.63, 3.8) is 0 Å². The van der Waals surface area contributed by atoms with Gasteiger partial charge in [-0.25, -0.2) is 9.37 Å². The summed E-state index contributed by atoms with van der Waals surface area (Å²) in [5.41, 5.74) is 0.850. The predicted molar refractivity (Wildman–Crippen MR) is 97.7 cm³/mol. The number of carbonyl (C=O) groups excluding carboxylic acids is 1. The second kappa shape index (κ2) is 8.48. The van der Waals surface area contributed by atoms with Crippen LogP contribution in [0.25, 0.3) is 12.2 Å². The number of rotatable bonds is 7. The van der Waals surface area contributed by atoms with Gasteiger partial charge in [-0.1, -0.05) is 30.0 Å². The Balaban J connectivity index is 1.49. The van der Waals surface area contributed by atoms with Gasteiger partial charge >= 0.3 is 0 Å². The number of aromatic nitrogens is 3. The molecule has 2 aromatic heterocycles. The highest BCUT2D eigenvalue weighted by atomic mass is 32.2. The van der Waals surface area contributed by atoms with E-state index < -0.39 is 0 Å². The standard InChI is InChI=1S/C18H17FN4O2S/c1-12(15-3-2-10-25-15)20-17(24)11-26-18-21-16(22-23-18)9-6-13-4-7-14(19)8-5-13/h2-10,12H,11H2,1H3,(H,20,24)(H,21,22,23). The molecule has 1 unspecified atom stereocenters. The van der Waals surface area contributed by atoms with Crippen LogP contribution in [-0.2, 0) is 4.79 Å². The van der Waals surface area contributed by atoms with Crippen LogP contribution in [0.2, 0.25) is 0 Å². The smallest absolute Gasteiger partial charge is 0.231 e. The normalized spacial score (nSPS) is 12.4. The lowest BCUT2D eigenvalue weighted by Crippen LogP contribution is -2.27. The van der Waals surface area contributed by atoms with Gasteiger partial charge in [-0.2, -0.15) is 0 Å². The number of furan rings is 1. The molecule has 0 aliphatic carbocycles. The number of nitrogens with zero attached hydrogens (tertiary/aromatic N) is 2. The molecule has 0 radical (unpaired) electrons. The number of halogens is 1. The van der Waals surface area contributed by atoms with E-state index in [0.29, 0.717) is 16.7 Å². The van der Waals surface area contributed by atoms with Gasteiger partial charge in [0, 0.05) is 0 Å². The fraction of sp³-hybridized carbons (Fsp3) is 0.167. The van der Waals surface area contributed by atoms with Crippen molar-refractivity contribution in [2.45, 2.75) is 18.1 Å². The summed E-state index contributed by atoms with van der Waals surface area (Å²) in [6, 6.07) is 9.52. The van der Waals surface area contributed by atoms with Crippen molar-refractivity contribution in [1.29, 1.82) is 0 Å². The molecule has 0 fully saturated rings. The van der Waals surface area contributed by atoms with Crippen LogP contribution >= 0.6 is 11.8 Å². The molecule has 0 aliphatic heterocycles. The van der Waals surface area contributed by atoms with Crippen molar-refractivity contribution in [3.05, 3.63) is 65.6 Å². The number of benzene rings is 1. The summed E-state index contributed by atoms with van der Waals surface area (Å²) in [7, 11) is 0. The molecule has 134 valence electrons. The highest BCUT2D eigenvalue weighted by Gasteiger charge is 2.13. The lowest BCUT2D eigenvalue weighted by Gasteiger charge is -2.10. The Morgan fingerprint density at radius 3 is 2.88 bits per heavy atom. The molecule has 26 heavy (non-hydrogen) atoms. The molecular weight excluding hydrogens is 355 g/mol. The molecule has 6 nitrogen and oxygen atoms in total. The zero-order chi connectivity index (χ0) is 18.4. The van der Waals surface area contributed by atoms with Gasteiger partial charge in [-0.15, -0.1) is 5.10 Å². The third kappa shape index (κ3) is 5.06. The van der Waals surface area contributed by atoms with Crippen LogP contribution in [0.5, 0.6) is 0 Å². The molecule has 8 heteroatoms. The largest absolute Gasteiger partial charge is 0.467 e. The number of amides is 1. The molecule has 1 aromatic carbocycles. The zero-order valence-corrected chi connectivity index (χ0v) is 14.8. The Morgan fingerprint density at radius 2 is 2.15 bits per heavy atom. The van der Waals surface area contributed by atoms with Crippen LogP contribution in [0.3, 0.4) is 0 Å². The molecule has 1 atom stereocenters. The van der Waals surface area contributed by atoms with E-state index in [1.165, 1.54) is 23.9 Å². The van der Waals surface area contributed by atoms with E-state index in [1.54, 1.807) is 36.6 Å². The highest BCUT2D eigenvalue weighted by Crippen LogP contribution is 2.16. The topological polar surface area (TPSA) is 83.8 Å². The van der Waals surface area contributed by atoms with Gasteiger partial charge < -0.3 is 9.73 Å². The third-order valence-corrected chi connectivity index (χ3v) is 4.31. The van der Waals surface area contributed by atoms with Gasteiger partial charge in [0.15, 0.2) is 0 Å². The summed E-state index contributed by atoms with van der Waals surface area (Å²) in [5, 5.41) is 10.2. The number of hydrogen-bond donors (Lipinski definition) is 2. The van der Waals surface area contributed by atoms with E-state index in [0.717, 1.165) is 5.56 Å². The van der Waals surface area contributed by atoms with Gasteiger partial charge in [0.1, 0.15) is 17.4 Å². The van der Waals surface area contributed by atoms with E-state index in [4.69, 9.17) is 4.42 Å². The number of thioether (sulfide) groups is 1. The Bertz CT molecular complexity index is 875. The molecule has 0 aliphatic rings. The lowest BCUT2D eigenvalue weighted by molar-refractivity contribution is -0.119. The van der Waals surface area contributed by atoms with Crippen molar-refractivity contribution >= 4 is 29.8 Å². The zero-order valence-electron chi connectivity index (χ0n) is 14.0. The SMILES string of the molecule is CC(NC(=O)CSc1n[nH]c(C=Cc2ccc(F)cc2)n1)c1ccco1. The molecule has 0 saturated carbocycles. The van der Waals surface area contributed by atoms with Gasteiger partial charge in [0.05, 0.1) is 18.1 Å². The summed E-state index contributed by atoms with van der Waals surface area (Å²) in [6.07, 6.45) is 5.11. The second-order valence-corrected chi connectivity index (χ2v) is 6.42. The van der Waals surface area contributed by atoms with Crippen LogP contribution in [0.1, 0.15) is 30.1 Å². The Kier molecular flexibility index (Phi) is 5.85. The van der Waals surface area contributed by atoms with Crippen molar-refractivity contribution in [2.75, 3.05) is 5.75 Å². The third-order valence-electron chi connectivity index (χ3n) is 3.47. The van der Waals surface area contributed by atoms with Gasteiger partial charge in [-0.05, 0) is 42.8 Å². The molecule has 1 amide bonds. The maximum Gasteiger partial charge on any atom is 0.231 e. The number of aromatic amines is 1. The molecule has 0 saturated heterocycles. The number of carbonyl (C=O) groups is 1. The summed E-state index contributed by atoms with van der Waals surface area (Å²) in [6.45, 7) is 1.85. The maximum absolute atomic E-state index is 12.9. The maximum atomic E-state index is 12.9. The minimum absolute atomic E-state index is 0.132. The second-order valence-electron chi connectivity index (χ2n) is 5.48. The average Bonchev–Trinajstić information content (AvgIpc) is 3.31. The monoisotopic (exact) mass is 372 g/mol. The summed E-state index contributed by atoms with van der Waals surface area (Å²) >= 11 is 1.23. The van der Waals surface area contributed by atoms with Gasteiger partial charge in [0.2, 0.25) is 11.1 Å². The number of nitrogens with one attached hydrogen (secondary N) is 2. The fourth-order valence-electron chi connectivity index (χ4n) is 2.17. The fourth-order valence-corrected chi connectivity index (χ4v) is 2.78. The highest BCUT2D eigenvalue weighted by molar-refractivity contribution is 7.99. The number of H-pyrrole nitrogens is 1. The first-order valence-corrected chi connectivity index (χ1v) is 8.90. The lowest BCUT2D eigenvalue weighted by atomic mass is 10.2. The molecule has 0 spiro atoms. The van der Waals surface area contributed by atoms with Crippen LogP contribution in [-0.4, -0.2) is 26.8 Å². The first kappa shape index (κ1) is 17.9. The summed E-state index contributed by atoms with van der Waals surface area (Å²) < 4.78 is 18.1. The van der Waals surface area contributed by atoms with Crippen molar-refractivity contribution in [2.24, 2.45) is 0 Å². The quantitative estimate of drug-likeness (QED) is 0.618. The van der Waals surface area contributed by atoms with E-state index >= 15 is 0 Å². The van der Waals surface area contributed by atoms with Crippen LogP contribution in [0.15, 0.2) is 52.2 Å². The van der Waals surface area contributed by atoms with Crippen molar-refractivity contribution in [1.82, 2.24) is 20.5 Å². The molecule has 2 heterocycles. The molecular formula is C18H17FN4O2S. The molecule has 0 bridgehead atoms. The summed E-state index contributed by atoms with van der Waals surface area (Å²) in [4.78, 5) is 16.3. The van der Waals surface area contributed by atoms with Crippen LogP contribution in [0, 0.1) is 5.82 Å². The average molecular weight is 372 g/mol. The Hall–Kier alpha value is -2.87. The minimum Gasteiger partial charge on any atom is -0.467 e. The molecule has 3 aromatic rings. The van der Waals surface area contributed by atoms with Gasteiger partial charge in [0.25, 0.3) is 0 Å². The van der Waals surface area contributed by atoms with Crippen molar-refractivity contribution < 1.29 is 13.6 Å². The summed E-state index contributed by atoms with van der Waals surface area (Å²) in [5.74, 6) is 1.05. The van der Waals surface area contributed by atoms with E-state index in [-0.39, 0.29) is 23.5 Å². The van der Waals surface area contributed by atoms with Gasteiger partial charge in [-0.3, -0.25) is 9.89 Å². The Labute approximate surface area is 153 Å². The van der Waals surface area contributed by atoms with E-state index in [9.17, 15) is 9.18 Å². The molecule has 2 N–H and O–H groups in total. The predicted octanol–water partition coefficient (Wildman–Crippen LogP) is 3.68. The number of hydrogen-bond acceptors (Lipinski definition) is 5. The molecule has 3 rings (SSSR count). The van der Waals surface area contributed by atoms with E-state index in [1.807, 2.05) is 13.0 Å². The first-order valence-electron chi connectivity index (χ1n) is 7.92. The van der Waals surface area contributed by atoms with Crippen LogP contribution < -0.4 is 5.32 Å². The van der Waals surface area contributed by atoms with Crippen LogP contribution in [0.4, 0.5) is 4.39 Å². The minimum atomic E-state index is -0.278.